The van der Waals surface area contributed by atoms with Crippen molar-refractivity contribution in [2.45, 2.75) is 5.25 Å². The number of hydroxylamine groups is 1. The van der Waals surface area contributed by atoms with Gasteiger partial charge >= 0.3 is 0 Å². The zero-order valence-corrected chi connectivity index (χ0v) is 6.07. The zero-order valence-electron chi connectivity index (χ0n) is 4.50. The van der Waals surface area contributed by atoms with E-state index in [1.807, 2.05) is 0 Å². The Bertz CT molecular complexity index is 183. The van der Waals surface area contributed by atoms with E-state index in [2.05, 4.69) is 10.3 Å². The highest BCUT2D eigenvalue weighted by Gasteiger charge is 2.27. The Labute approximate surface area is 57.5 Å². The van der Waals surface area contributed by atoms with Crippen molar-refractivity contribution in [3.05, 3.63) is 0 Å². The van der Waals surface area contributed by atoms with Crippen LogP contribution in [-0.2, 0) is 13.9 Å². The molecule has 0 saturated carbocycles. The van der Waals surface area contributed by atoms with Crippen LogP contribution >= 0.6 is 10.7 Å². The lowest BCUT2D eigenvalue weighted by Gasteiger charge is -1.97. The standard InChI is InChI=1S/C3H6ClNO3S/c4-9(6,7)3-1-5-8-2-3/h3,5H,1-2H2/t3-/m0/s1. The van der Waals surface area contributed by atoms with Crippen molar-refractivity contribution in [3.63, 3.8) is 0 Å². The van der Waals surface area contributed by atoms with Crippen LogP contribution in [0, 0.1) is 0 Å². The molecule has 0 radical (unpaired) electrons. The first kappa shape index (κ1) is 7.27. The summed E-state index contributed by atoms with van der Waals surface area (Å²) in [6.07, 6.45) is 0. The highest BCUT2D eigenvalue weighted by atomic mass is 35.7. The molecular formula is C3H6ClNO3S. The summed E-state index contributed by atoms with van der Waals surface area (Å²) in [4.78, 5) is 4.57. The first-order chi connectivity index (χ1) is 4.11. The maximum absolute atomic E-state index is 10.5. The number of rotatable bonds is 1. The summed E-state index contributed by atoms with van der Waals surface area (Å²) < 4.78 is 21.0. The van der Waals surface area contributed by atoms with E-state index in [-0.39, 0.29) is 13.2 Å². The maximum Gasteiger partial charge on any atom is 0.239 e. The zero-order chi connectivity index (χ0) is 6.91. The molecular weight excluding hydrogens is 166 g/mol. The molecule has 4 nitrogen and oxygen atoms in total. The highest BCUT2D eigenvalue weighted by Crippen LogP contribution is 2.09. The van der Waals surface area contributed by atoms with Crippen LogP contribution in [0.2, 0.25) is 0 Å². The molecule has 1 aliphatic heterocycles. The van der Waals surface area contributed by atoms with E-state index in [1.54, 1.807) is 0 Å². The molecule has 1 saturated heterocycles. The van der Waals surface area contributed by atoms with Gasteiger partial charge in [-0.05, 0) is 0 Å². The van der Waals surface area contributed by atoms with E-state index in [9.17, 15) is 8.42 Å². The summed E-state index contributed by atoms with van der Waals surface area (Å²) in [5.74, 6) is 0. The van der Waals surface area contributed by atoms with Gasteiger partial charge in [-0.25, -0.2) is 13.9 Å². The van der Waals surface area contributed by atoms with E-state index in [4.69, 9.17) is 10.7 Å². The maximum atomic E-state index is 10.5. The predicted molar refractivity (Wildman–Crippen MR) is 32.5 cm³/mol. The van der Waals surface area contributed by atoms with E-state index < -0.39 is 14.3 Å². The first-order valence-electron chi connectivity index (χ1n) is 2.39. The van der Waals surface area contributed by atoms with Gasteiger partial charge in [0, 0.05) is 17.2 Å². The number of halogens is 1. The second-order valence-corrected chi connectivity index (χ2v) is 4.67. The smallest absolute Gasteiger partial charge is 0.239 e. The van der Waals surface area contributed by atoms with Crippen molar-refractivity contribution in [2.75, 3.05) is 13.2 Å². The fraction of sp³-hybridized carbons (Fsp3) is 1.00. The van der Waals surface area contributed by atoms with Crippen molar-refractivity contribution in [1.29, 1.82) is 0 Å². The second-order valence-electron chi connectivity index (χ2n) is 1.76. The van der Waals surface area contributed by atoms with Crippen LogP contribution in [0.4, 0.5) is 0 Å². The minimum absolute atomic E-state index is 0.145. The average Bonchev–Trinajstić information content (AvgIpc) is 2.08. The Morgan fingerprint density at radius 1 is 1.67 bits per heavy atom. The third-order valence-electron chi connectivity index (χ3n) is 1.08. The topological polar surface area (TPSA) is 55.4 Å². The van der Waals surface area contributed by atoms with Crippen LogP contribution in [0.25, 0.3) is 0 Å². The summed E-state index contributed by atoms with van der Waals surface area (Å²) in [7, 11) is 1.57. The van der Waals surface area contributed by atoms with E-state index in [0.29, 0.717) is 0 Å². The first-order valence-corrected chi connectivity index (χ1v) is 4.76. The largest absolute Gasteiger partial charge is 0.300 e. The van der Waals surface area contributed by atoms with Gasteiger partial charge in [0.25, 0.3) is 0 Å². The summed E-state index contributed by atoms with van der Waals surface area (Å²) >= 11 is 0. The lowest BCUT2D eigenvalue weighted by atomic mass is 10.5. The van der Waals surface area contributed by atoms with E-state index in [1.165, 1.54) is 0 Å². The highest BCUT2D eigenvalue weighted by molar-refractivity contribution is 8.14. The van der Waals surface area contributed by atoms with Gasteiger partial charge in [-0.1, -0.05) is 0 Å². The molecule has 0 aromatic carbocycles. The van der Waals surface area contributed by atoms with Crippen molar-refractivity contribution in [1.82, 2.24) is 5.48 Å². The van der Waals surface area contributed by atoms with Crippen molar-refractivity contribution >= 4 is 19.7 Å². The number of nitrogens with one attached hydrogen (secondary N) is 1. The Balaban J connectivity index is 2.63. The molecule has 0 aromatic rings. The SMILES string of the molecule is O=S(=O)(Cl)[C@H]1CNOC1. The molecule has 0 aromatic heterocycles. The fourth-order valence-electron chi connectivity index (χ4n) is 0.543. The number of hydrogen-bond acceptors (Lipinski definition) is 4. The van der Waals surface area contributed by atoms with Gasteiger partial charge in [0.2, 0.25) is 9.05 Å². The minimum atomic E-state index is -3.42. The Morgan fingerprint density at radius 3 is 2.56 bits per heavy atom. The van der Waals surface area contributed by atoms with Gasteiger partial charge in [-0.3, -0.25) is 0 Å². The molecule has 0 bridgehead atoms. The molecule has 0 spiro atoms. The monoisotopic (exact) mass is 171 g/mol. The lowest BCUT2D eigenvalue weighted by Crippen LogP contribution is -2.21. The van der Waals surface area contributed by atoms with Gasteiger partial charge in [-0.2, -0.15) is 0 Å². The van der Waals surface area contributed by atoms with Crippen molar-refractivity contribution in [3.8, 4) is 0 Å². The Hall–Kier alpha value is 0.160. The molecule has 0 amide bonds. The van der Waals surface area contributed by atoms with Crippen LogP contribution < -0.4 is 5.48 Å². The molecule has 54 valence electrons. The summed E-state index contributed by atoms with van der Waals surface area (Å²) in [5, 5.41) is -0.584. The predicted octanol–water partition coefficient (Wildman–Crippen LogP) is -0.542. The summed E-state index contributed by atoms with van der Waals surface area (Å²) in [5.41, 5.74) is 2.42. The third kappa shape index (κ3) is 1.79. The van der Waals surface area contributed by atoms with Gasteiger partial charge < -0.3 is 4.84 Å². The molecule has 0 aliphatic carbocycles. The molecule has 1 atom stereocenters. The summed E-state index contributed by atoms with van der Waals surface area (Å²) in [6.45, 7) is 0.428. The van der Waals surface area contributed by atoms with Crippen LogP contribution in [0.15, 0.2) is 0 Å². The van der Waals surface area contributed by atoms with Crippen LogP contribution in [0.5, 0.6) is 0 Å². The van der Waals surface area contributed by atoms with Crippen molar-refractivity contribution in [2.24, 2.45) is 0 Å². The molecule has 9 heavy (non-hydrogen) atoms. The molecule has 1 aliphatic rings. The van der Waals surface area contributed by atoms with E-state index >= 15 is 0 Å². The van der Waals surface area contributed by atoms with Crippen molar-refractivity contribution < 1.29 is 13.3 Å². The second kappa shape index (κ2) is 2.42. The van der Waals surface area contributed by atoms with Crippen LogP contribution in [0.1, 0.15) is 0 Å². The van der Waals surface area contributed by atoms with Crippen LogP contribution in [0.3, 0.4) is 0 Å². The fourth-order valence-corrected chi connectivity index (χ4v) is 1.38. The Kier molecular flexibility index (Phi) is 1.95. The molecule has 1 rings (SSSR count). The average molecular weight is 172 g/mol. The quantitative estimate of drug-likeness (QED) is 0.539. The van der Waals surface area contributed by atoms with Crippen LogP contribution in [-0.4, -0.2) is 26.8 Å². The Morgan fingerprint density at radius 2 is 2.33 bits per heavy atom. The number of hydrogen-bond donors (Lipinski definition) is 1. The van der Waals surface area contributed by atoms with Gasteiger partial charge in [0.15, 0.2) is 0 Å². The minimum Gasteiger partial charge on any atom is -0.300 e. The van der Waals surface area contributed by atoms with Gasteiger partial charge in [0.05, 0.1) is 6.61 Å². The molecule has 6 heteroatoms. The molecule has 1 N–H and O–H groups in total. The normalized spacial score (nSPS) is 28.8. The molecule has 0 unspecified atom stereocenters. The lowest BCUT2D eigenvalue weighted by molar-refractivity contribution is 0.103. The van der Waals surface area contributed by atoms with E-state index in [0.717, 1.165) is 0 Å². The van der Waals surface area contributed by atoms with Gasteiger partial charge in [-0.15, -0.1) is 0 Å². The molecule has 1 fully saturated rings. The van der Waals surface area contributed by atoms with Gasteiger partial charge in [0.1, 0.15) is 5.25 Å². The third-order valence-corrected chi connectivity index (χ3v) is 2.94. The summed E-state index contributed by atoms with van der Waals surface area (Å²) in [6, 6.07) is 0. The molecule has 1 heterocycles.